The first kappa shape index (κ1) is 18.8. The number of ether oxygens (including phenoxy) is 1. The Morgan fingerprint density at radius 1 is 1.19 bits per heavy atom. The molecule has 0 atom stereocenters. The van der Waals surface area contributed by atoms with Crippen LogP contribution in [-0.2, 0) is 12.7 Å². The molecule has 27 heavy (non-hydrogen) atoms. The van der Waals surface area contributed by atoms with Gasteiger partial charge in [-0.3, -0.25) is 4.79 Å². The van der Waals surface area contributed by atoms with Gasteiger partial charge in [0.1, 0.15) is 11.3 Å². The fraction of sp³-hybridized carbons (Fsp3) is 0.250. The number of halogens is 3. The van der Waals surface area contributed by atoms with E-state index < -0.39 is 17.6 Å². The lowest BCUT2D eigenvalue weighted by Crippen LogP contribution is -2.27. The summed E-state index contributed by atoms with van der Waals surface area (Å²) >= 11 is 0. The van der Waals surface area contributed by atoms with Crippen molar-refractivity contribution in [2.24, 2.45) is 0 Å². The van der Waals surface area contributed by atoms with Gasteiger partial charge in [0.25, 0.3) is 5.91 Å². The minimum absolute atomic E-state index is 0.0243. The molecule has 7 heteroatoms. The summed E-state index contributed by atoms with van der Waals surface area (Å²) in [5, 5.41) is 0.724. The lowest BCUT2D eigenvalue weighted by Gasteiger charge is -2.19. The number of furan rings is 1. The molecule has 0 unspecified atom stereocenters. The molecule has 142 valence electrons. The Kier molecular flexibility index (Phi) is 4.87. The number of rotatable bonds is 4. The number of carbonyl (C=O) groups is 1. The Morgan fingerprint density at radius 2 is 1.89 bits per heavy atom. The minimum atomic E-state index is -4.48. The topological polar surface area (TPSA) is 42.7 Å². The van der Waals surface area contributed by atoms with E-state index in [4.69, 9.17) is 9.15 Å². The second-order valence-corrected chi connectivity index (χ2v) is 6.23. The van der Waals surface area contributed by atoms with E-state index in [1.54, 1.807) is 25.1 Å². The molecule has 4 nitrogen and oxygen atoms in total. The lowest BCUT2D eigenvalue weighted by atomic mass is 10.1. The van der Waals surface area contributed by atoms with E-state index in [0.717, 1.165) is 11.5 Å². The monoisotopic (exact) mass is 377 g/mol. The van der Waals surface area contributed by atoms with E-state index >= 15 is 0 Å². The number of methoxy groups -OCH3 is 1. The zero-order chi connectivity index (χ0) is 19.8. The number of hydrogen-bond acceptors (Lipinski definition) is 3. The summed E-state index contributed by atoms with van der Waals surface area (Å²) in [5.74, 6) is 0.239. The highest BCUT2D eigenvalue weighted by Gasteiger charge is 2.33. The van der Waals surface area contributed by atoms with Gasteiger partial charge >= 0.3 is 6.18 Å². The van der Waals surface area contributed by atoms with Gasteiger partial charge in [-0.25, -0.2) is 0 Å². The third-order valence-electron chi connectivity index (χ3n) is 4.41. The highest BCUT2D eigenvalue weighted by molar-refractivity contribution is 5.99. The number of fused-ring (bicyclic) bond motifs is 1. The zero-order valence-corrected chi connectivity index (χ0v) is 15.1. The van der Waals surface area contributed by atoms with Gasteiger partial charge in [-0.2, -0.15) is 13.2 Å². The highest BCUT2D eigenvalue weighted by atomic mass is 19.4. The van der Waals surface area contributed by atoms with Crippen LogP contribution in [0.4, 0.5) is 13.2 Å². The molecule has 0 N–H and O–H groups in total. The summed E-state index contributed by atoms with van der Waals surface area (Å²) in [7, 11) is 2.98. The molecule has 0 spiro atoms. The average Bonchev–Trinajstić information content (AvgIpc) is 2.96. The van der Waals surface area contributed by atoms with E-state index in [0.29, 0.717) is 16.9 Å². The Morgan fingerprint density at radius 3 is 2.56 bits per heavy atom. The van der Waals surface area contributed by atoms with Crippen LogP contribution in [0, 0.1) is 6.92 Å². The van der Waals surface area contributed by atoms with Gasteiger partial charge in [0, 0.05) is 24.5 Å². The zero-order valence-electron chi connectivity index (χ0n) is 15.1. The van der Waals surface area contributed by atoms with Crippen LogP contribution in [0.5, 0.6) is 5.75 Å². The SMILES string of the molecule is COc1ccc2oc(C(=O)N(C)Cc3ccccc3C(F)(F)F)c(C)c2c1. The average molecular weight is 377 g/mol. The first-order valence-electron chi connectivity index (χ1n) is 8.20. The molecule has 0 aliphatic rings. The van der Waals surface area contributed by atoms with E-state index in [1.807, 2.05) is 0 Å². The molecule has 1 aromatic heterocycles. The fourth-order valence-electron chi connectivity index (χ4n) is 2.97. The van der Waals surface area contributed by atoms with Gasteiger partial charge in [0.05, 0.1) is 12.7 Å². The molecule has 3 aromatic rings. The van der Waals surface area contributed by atoms with Crippen molar-refractivity contribution in [1.82, 2.24) is 4.90 Å². The molecule has 1 amide bonds. The van der Waals surface area contributed by atoms with Crippen LogP contribution < -0.4 is 4.74 Å². The quantitative estimate of drug-likeness (QED) is 0.640. The standard InChI is InChI=1S/C20H18F3NO3/c1-12-15-10-14(26-3)8-9-17(15)27-18(12)19(25)24(2)11-13-6-4-5-7-16(13)20(21,22)23/h4-10H,11H2,1-3H3. The van der Waals surface area contributed by atoms with Gasteiger partial charge in [-0.15, -0.1) is 0 Å². The first-order chi connectivity index (χ1) is 12.7. The third-order valence-corrected chi connectivity index (χ3v) is 4.41. The molecule has 0 saturated carbocycles. The van der Waals surface area contributed by atoms with Crippen molar-refractivity contribution in [2.75, 3.05) is 14.2 Å². The Bertz CT molecular complexity index is 992. The van der Waals surface area contributed by atoms with E-state index in [1.165, 1.54) is 37.3 Å². The van der Waals surface area contributed by atoms with E-state index in [9.17, 15) is 18.0 Å². The largest absolute Gasteiger partial charge is 0.497 e. The predicted octanol–water partition coefficient (Wildman–Crippen LogP) is 5.04. The maximum absolute atomic E-state index is 13.2. The summed E-state index contributed by atoms with van der Waals surface area (Å²) < 4.78 is 50.3. The summed E-state index contributed by atoms with van der Waals surface area (Å²) in [6.07, 6.45) is -4.48. The van der Waals surface area contributed by atoms with Crippen LogP contribution in [0.1, 0.15) is 27.2 Å². The molecule has 0 bridgehead atoms. The molecule has 0 fully saturated rings. The number of alkyl halides is 3. The van der Waals surface area contributed by atoms with Gasteiger partial charge in [0.15, 0.2) is 5.76 Å². The second-order valence-electron chi connectivity index (χ2n) is 6.23. The highest BCUT2D eigenvalue weighted by Crippen LogP contribution is 2.33. The maximum Gasteiger partial charge on any atom is 0.416 e. The molecule has 1 heterocycles. The van der Waals surface area contributed by atoms with E-state index in [-0.39, 0.29) is 17.9 Å². The van der Waals surface area contributed by atoms with Crippen molar-refractivity contribution in [3.63, 3.8) is 0 Å². The Balaban J connectivity index is 1.91. The molecular weight excluding hydrogens is 359 g/mol. The predicted molar refractivity (Wildman–Crippen MR) is 94.7 cm³/mol. The molecule has 3 rings (SSSR count). The van der Waals surface area contributed by atoms with Gasteiger partial charge in [0.2, 0.25) is 0 Å². The number of nitrogens with zero attached hydrogens (tertiary/aromatic N) is 1. The molecular formula is C20H18F3NO3. The summed E-state index contributed by atoms with van der Waals surface area (Å²) in [5.41, 5.74) is 0.401. The van der Waals surface area contributed by atoms with Crippen molar-refractivity contribution in [1.29, 1.82) is 0 Å². The number of carbonyl (C=O) groups excluding carboxylic acids is 1. The van der Waals surface area contributed by atoms with Crippen molar-refractivity contribution >= 4 is 16.9 Å². The molecule has 0 aliphatic heterocycles. The number of hydrogen-bond donors (Lipinski definition) is 0. The maximum atomic E-state index is 13.2. The normalized spacial score (nSPS) is 11.6. The third kappa shape index (κ3) is 3.63. The molecule has 0 radical (unpaired) electrons. The van der Waals surface area contributed by atoms with E-state index in [2.05, 4.69) is 0 Å². The summed E-state index contributed by atoms with van der Waals surface area (Å²) in [4.78, 5) is 14.0. The molecule has 2 aromatic carbocycles. The summed E-state index contributed by atoms with van der Waals surface area (Å²) in [6, 6.07) is 10.4. The van der Waals surface area contributed by atoms with Crippen LogP contribution in [-0.4, -0.2) is 25.0 Å². The van der Waals surface area contributed by atoms with Crippen LogP contribution in [0.2, 0.25) is 0 Å². The number of aryl methyl sites for hydroxylation is 1. The van der Waals surface area contributed by atoms with Gasteiger partial charge in [-0.1, -0.05) is 18.2 Å². The second kappa shape index (κ2) is 6.98. The smallest absolute Gasteiger partial charge is 0.416 e. The van der Waals surface area contributed by atoms with Crippen molar-refractivity contribution in [3.05, 3.63) is 64.9 Å². The lowest BCUT2D eigenvalue weighted by molar-refractivity contribution is -0.138. The molecule has 0 saturated heterocycles. The number of benzene rings is 2. The van der Waals surface area contributed by atoms with Crippen LogP contribution in [0.25, 0.3) is 11.0 Å². The van der Waals surface area contributed by atoms with Gasteiger partial charge in [-0.05, 0) is 36.8 Å². The minimum Gasteiger partial charge on any atom is -0.497 e. The van der Waals surface area contributed by atoms with Crippen LogP contribution in [0.3, 0.4) is 0 Å². The van der Waals surface area contributed by atoms with Crippen molar-refractivity contribution < 1.29 is 27.1 Å². The first-order valence-corrected chi connectivity index (χ1v) is 8.20. The van der Waals surface area contributed by atoms with Crippen molar-refractivity contribution in [2.45, 2.75) is 19.6 Å². The van der Waals surface area contributed by atoms with Gasteiger partial charge < -0.3 is 14.1 Å². The van der Waals surface area contributed by atoms with Crippen LogP contribution >= 0.6 is 0 Å². The van der Waals surface area contributed by atoms with Crippen LogP contribution in [0.15, 0.2) is 46.9 Å². The summed E-state index contributed by atoms with van der Waals surface area (Å²) in [6.45, 7) is 1.55. The number of amides is 1. The van der Waals surface area contributed by atoms with Crippen molar-refractivity contribution in [3.8, 4) is 5.75 Å². The Labute approximate surface area is 154 Å². The Hall–Kier alpha value is -2.96. The molecule has 0 aliphatic carbocycles. The fourth-order valence-corrected chi connectivity index (χ4v) is 2.97.